The predicted octanol–water partition coefficient (Wildman–Crippen LogP) is 3.06. The van der Waals surface area contributed by atoms with Gasteiger partial charge in [0.25, 0.3) is 0 Å². The highest BCUT2D eigenvalue weighted by Gasteiger charge is 2.17. The Morgan fingerprint density at radius 1 is 1.10 bits per heavy atom. The third-order valence-corrected chi connectivity index (χ3v) is 4.31. The molecule has 0 radical (unpaired) electrons. The molecule has 0 atom stereocenters. The third kappa shape index (κ3) is 3.38. The van der Waals surface area contributed by atoms with Crippen LogP contribution in [-0.2, 0) is 4.74 Å². The monoisotopic (exact) mass is 287 g/mol. The summed E-state index contributed by atoms with van der Waals surface area (Å²) < 4.78 is 5.46. The van der Waals surface area contributed by atoms with Gasteiger partial charge in [0.05, 0.1) is 24.6 Å². The maximum atomic E-state index is 5.46. The first-order chi connectivity index (χ1) is 10.4. The van der Waals surface area contributed by atoms with Crippen molar-refractivity contribution >= 4 is 17.2 Å². The third-order valence-electron chi connectivity index (χ3n) is 4.31. The summed E-state index contributed by atoms with van der Waals surface area (Å²) in [6.07, 6.45) is 3.65. The maximum absolute atomic E-state index is 5.46. The number of piperidine rings is 1. The van der Waals surface area contributed by atoms with E-state index < -0.39 is 0 Å². The van der Waals surface area contributed by atoms with Crippen LogP contribution in [0.15, 0.2) is 29.3 Å². The second kappa shape index (κ2) is 6.94. The summed E-state index contributed by atoms with van der Waals surface area (Å²) in [5, 5.41) is 0. The Labute approximate surface area is 127 Å². The average molecular weight is 287 g/mol. The van der Waals surface area contributed by atoms with Gasteiger partial charge in [-0.2, -0.15) is 0 Å². The zero-order chi connectivity index (χ0) is 14.5. The van der Waals surface area contributed by atoms with Crippen LogP contribution in [0.1, 0.15) is 26.2 Å². The van der Waals surface area contributed by atoms with Crippen LogP contribution < -0.4 is 4.90 Å². The van der Waals surface area contributed by atoms with E-state index in [9.17, 15) is 0 Å². The predicted molar refractivity (Wildman–Crippen MR) is 87.7 cm³/mol. The molecule has 0 N–H and O–H groups in total. The number of nitrogens with zero attached hydrogens (tertiary/aromatic N) is 3. The molecule has 4 nitrogen and oxygen atoms in total. The Morgan fingerprint density at radius 3 is 2.71 bits per heavy atom. The summed E-state index contributed by atoms with van der Waals surface area (Å²) in [7, 11) is 0. The van der Waals surface area contributed by atoms with Crippen LogP contribution >= 0.6 is 0 Å². The van der Waals surface area contributed by atoms with Gasteiger partial charge < -0.3 is 14.5 Å². The second-order valence-electron chi connectivity index (χ2n) is 5.65. The van der Waals surface area contributed by atoms with Crippen LogP contribution in [0, 0.1) is 0 Å². The quantitative estimate of drug-likeness (QED) is 0.855. The summed E-state index contributed by atoms with van der Waals surface area (Å²) >= 11 is 0. The molecule has 4 heteroatoms. The first-order valence-corrected chi connectivity index (χ1v) is 8.12. The Hall–Kier alpha value is -1.55. The number of hydrogen-bond donors (Lipinski definition) is 0. The molecule has 1 aromatic carbocycles. The van der Waals surface area contributed by atoms with Crippen molar-refractivity contribution in [1.82, 2.24) is 4.90 Å². The molecule has 2 heterocycles. The molecule has 21 heavy (non-hydrogen) atoms. The topological polar surface area (TPSA) is 28.1 Å². The van der Waals surface area contributed by atoms with Crippen molar-refractivity contribution in [2.24, 2.45) is 4.99 Å². The summed E-state index contributed by atoms with van der Waals surface area (Å²) in [4.78, 5) is 9.81. The highest BCUT2D eigenvalue weighted by atomic mass is 16.5. The molecule has 0 spiro atoms. The number of para-hydroxylation sites is 2. The first kappa shape index (κ1) is 14.4. The lowest BCUT2D eigenvalue weighted by molar-refractivity contribution is 0.123. The molecule has 0 aromatic heterocycles. The van der Waals surface area contributed by atoms with Gasteiger partial charge in [0.1, 0.15) is 5.84 Å². The van der Waals surface area contributed by atoms with E-state index in [4.69, 9.17) is 9.73 Å². The van der Waals surface area contributed by atoms with Gasteiger partial charge >= 0.3 is 0 Å². The molecule has 0 bridgehead atoms. The van der Waals surface area contributed by atoms with Gasteiger partial charge in [-0.3, -0.25) is 0 Å². The van der Waals surface area contributed by atoms with Crippen LogP contribution in [0.5, 0.6) is 0 Å². The second-order valence-corrected chi connectivity index (χ2v) is 5.65. The van der Waals surface area contributed by atoms with Gasteiger partial charge in [0.2, 0.25) is 0 Å². The van der Waals surface area contributed by atoms with E-state index in [1.54, 1.807) is 0 Å². The van der Waals surface area contributed by atoms with Crippen LogP contribution in [0.4, 0.5) is 11.4 Å². The molecule has 0 unspecified atom stereocenters. The molecule has 0 amide bonds. The fourth-order valence-corrected chi connectivity index (χ4v) is 3.11. The lowest BCUT2D eigenvalue weighted by atomic mass is 10.1. The van der Waals surface area contributed by atoms with E-state index in [1.165, 1.54) is 24.4 Å². The Balaban J connectivity index is 1.87. The van der Waals surface area contributed by atoms with Crippen LogP contribution in [-0.4, -0.2) is 50.1 Å². The first-order valence-electron chi connectivity index (χ1n) is 8.12. The van der Waals surface area contributed by atoms with Crippen molar-refractivity contribution in [1.29, 1.82) is 0 Å². The lowest BCUT2D eigenvalue weighted by Crippen LogP contribution is -2.36. The van der Waals surface area contributed by atoms with Gasteiger partial charge in [-0.05, 0) is 31.9 Å². The van der Waals surface area contributed by atoms with Gasteiger partial charge in [0, 0.05) is 32.6 Å². The maximum Gasteiger partial charge on any atom is 0.105 e. The zero-order valence-corrected chi connectivity index (χ0v) is 12.9. The number of amidine groups is 1. The lowest BCUT2D eigenvalue weighted by Gasteiger charge is -2.31. The molecule has 2 aliphatic heterocycles. The summed E-state index contributed by atoms with van der Waals surface area (Å²) in [5.74, 6) is 1.25. The van der Waals surface area contributed by atoms with Gasteiger partial charge in [-0.1, -0.05) is 12.1 Å². The normalized spacial score (nSPS) is 21.9. The van der Waals surface area contributed by atoms with Crippen LogP contribution in [0.25, 0.3) is 0 Å². The molecule has 114 valence electrons. The summed E-state index contributed by atoms with van der Waals surface area (Å²) in [6.45, 7) is 7.96. The van der Waals surface area contributed by atoms with Crippen molar-refractivity contribution in [3.63, 3.8) is 0 Å². The molecule has 2 fully saturated rings. The highest BCUT2D eigenvalue weighted by Crippen LogP contribution is 2.30. The number of hydrogen-bond acceptors (Lipinski definition) is 3. The molecule has 2 aliphatic rings. The SMILES string of the molecule is CCN1CCCCC1=Nc1ccccc1N1CCOCC1. The van der Waals surface area contributed by atoms with Crippen LogP contribution in [0.3, 0.4) is 0 Å². The fourth-order valence-electron chi connectivity index (χ4n) is 3.11. The van der Waals surface area contributed by atoms with E-state index in [1.807, 2.05) is 0 Å². The molecule has 1 aromatic rings. The van der Waals surface area contributed by atoms with Crippen molar-refractivity contribution in [2.45, 2.75) is 26.2 Å². The number of benzene rings is 1. The van der Waals surface area contributed by atoms with Gasteiger partial charge in [0.15, 0.2) is 0 Å². The smallest absolute Gasteiger partial charge is 0.105 e. The molecule has 2 saturated heterocycles. The van der Waals surface area contributed by atoms with Crippen molar-refractivity contribution < 1.29 is 4.74 Å². The van der Waals surface area contributed by atoms with E-state index >= 15 is 0 Å². The number of morpholine rings is 1. The van der Waals surface area contributed by atoms with Crippen LogP contribution in [0.2, 0.25) is 0 Å². The Bertz CT molecular complexity index is 495. The standard InChI is InChI=1S/C17H25N3O/c1-2-19-10-6-5-9-17(19)18-15-7-3-4-8-16(15)20-11-13-21-14-12-20/h3-4,7-8H,2,5-6,9-14H2,1H3. The molecular formula is C17H25N3O. The molecule has 0 saturated carbocycles. The number of likely N-dealkylation sites (tertiary alicyclic amines) is 1. The minimum Gasteiger partial charge on any atom is -0.378 e. The Kier molecular flexibility index (Phi) is 4.76. The Morgan fingerprint density at radius 2 is 1.90 bits per heavy atom. The zero-order valence-electron chi connectivity index (χ0n) is 12.9. The highest BCUT2D eigenvalue weighted by molar-refractivity contribution is 5.87. The van der Waals surface area contributed by atoms with Gasteiger partial charge in [-0.15, -0.1) is 0 Å². The minimum atomic E-state index is 0.811. The summed E-state index contributed by atoms with van der Waals surface area (Å²) in [6, 6.07) is 8.51. The number of ether oxygens (including phenoxy) is 1. The average Bonchev–Trinajstić information content (AvgIpc) is 2.57. The van der Waals surface area contributed by atoms with Crippen molar-refractivity contribution in [2.75, 3.05) is 44.3 Å². The number of anilines is 1. The van der Waals surface area contributed by atoms with Gasteiger partial charge in [-0.25, -0.2) is 4.99 Å². The molecule has 3 rings (SSSR count). The molecular weight excluding hydrogens is 262 g/mol. The molecule has 0 aliphatic carbocycles. The minimum absolute atomic E-state index is 0.811. The largest absolute Gasteiger partial charge is 0.378 e. The van der Waals surface area contributed by atoms with E-state index in [2.05, 4.69) is 41.0 Å². The van der Waals surface area contributed by atoms with E-state index in [-0.39, 0.29) is 0 Å². The van der Waals surface area contributed by atoms with Crippen molar-refractivity contribution in [3.8, 4) is 0 Å². The number of rotatable bonds is 3. The fraction of sp³-hybridized carbons (Fsp3) is 0.588. The van der Waals surface area contributed by atoms with Crippen molar-refractivity contribution in [3.05, 3.63) is 24.3 Å². The van der Waals surface area contributed by atoms with E-state index in [0.29, 0.717) is 0 Å². The number of aliphatic imine (C=N–C) groups is 1. The summed E-state index contributed by atoms with van der Waals surface area (Å²) in [5.41, 5.74) is 2.35. The van der Waals surface area contributed by atoms with E-state index in [0.717, 1.165) is 51.5 Å².